The highest BCUT2D eigenvalue weighted by atomic mass is 19.2. The molecule has 2 rings (SSSR count). The molecule has 0 radical (unpaired) electrons. The lowest BCUT2D eigenvalue weighted by Gasteiger charge is -2.18. The number of benzene rings is 2. The number of nitrogens with one attached hydrogen (secondary N) is 1. The van der Waals surface area contributed by atoms with Crippen LogP contribution in [0.1, 0.15) is 23.6 Å². The molecule has 0 spiro atoms. The Bertz CT molecular complexity index is 545. The first kappa shape index (κ1) is 14.6. The molecule has 0 aromatic heterocycles. The standard InChI is InChI=1S/C16H17F2NO/c17-14-8-4-7-13(16(14)18)11-19-15(9-10-20)12-5-2-1-3-6-12/h1-8,15,19-20H,9-11H2/t15-/m1/s1. The van der Waals surface area contributed by atoms with E-state index in [1.807, 2.05) is 30.3 Å². The molecular formula is C16H17F2NO. The van der Waals surface area contributed by atoms with Gasteiger partial charge >= 0.3 is 0 Å². The molecule has 2 nitrogen and oxygen atoms in total. The van der Waals surface area contributed by atoms with Crippen LogP contribution in [0.25, 0.3) is 0 Å². The number of aliphatic hydroxyl groups excluding tert-OH is 1. The second kappa shape index (κ2) is 7.12. The molecule has 0 saturated carbocycles. The maximum Gasteiger partial charge on any atom is 0.163 e. The van der Waals surface area contributed by atoms with E-state index in [4.69, 9.17) is 5.11 Å². The Kier molecular flexibility index (Phi) is 5.21. The molecule has 2 aromatic carbocycles. The topological polar surface area (TPSA) is 32.3 Å². The third-order valence-electron chi connectivity index (χ3n) is 3.19. The van der Waals surface area contributed by atoms with E-state index in [0.29, 0.717) is 6.42 Å². The molecule has 20 heavy (non-hydrogen) atoms. The van der Waals surface area contributed by atoms with Crippen molar-refractivity contribution in [1.29, 1.82) is 0 Å². The van der Waals surface area contributed by atoms with E-state index in [2.05, 4.69) is 5.32 Å². The van der Waals surface area contributed by atoms with Gasteiger partial charge in [0.2, 0.25) is 0 Å². The summed E-state index contributed by atoms with van der Waals surface area (Å²) in [4.78, 5) is 0. The van der Waals surface area contributed by atoms with Gasteiger partial charge in [-0.05, 0) is 18.1 Å². The van der Waals surface area contributed by atoms with Crippen molar-refractivity contribution in [3.63, 3.8) is 0 Å². The zero-order valence-electron chi connectivity index (χ0n) is 11.0. The van der Waals surface area contributed by atoms with Gasteiger partial charge in [-0.25, -0.2) is 8.78 Å². The Labute approximate surface area is 117 Å². The second-order valence-electron chi connectivity index (χ2n) is 4.57. The Morgan fingerprint density at radius 2 is 1.75 bits per heavy atom. The molecule has 0 aliphatic rings. The van der Waals surface area contributed by atoms with Gasteiger partial charge in [0.25, 0.3) is 0 Å². The first-order valence-electron chi connectivity index (χ1n) is 6.54. The lowest BCUT2D eigenvalue weighted by molar-refractivity contribution is 0.264. The minimum absolute atomic E-state index is 0.0260. The molecule has 2 aromatic rings. The minimum Gasteiger partial charge on any atom is -0.396 e. The number of rotatable bonds is 6. The molecule has 1 atom stereocenters. The Morgan fingerprint density at radius 1 is 1.00 bits per heavy atom. The Balaban J connectivity index is 2.08. The molecular weight excluding hydrogens is 260 g/mol. The second-order valence-corrected chi connectivity index (χ2v) is 4.57. The van der Waals surface area contributed by atoms with Crippen molar-refractivity contribution >= 4 is 0 Å². The SMILES string of the molecule is OCC[C@@H](NCc1cccc(F)c1F)c1ccccc1. The van der Waals surface area contributed by atoms with Crippen molar-refractivity contribution in [2.75, 3.05) is 6.61 Å². The van der Waals surface area contributed by atoms with Crippen molar-refractivity contribution in [2.24, 2.45) is 0 Å². The average Bonchev–Trinajstić information content (AvgIpc) is 2.48. The number of halogens is 2. The minimum atomic E-state index is -0.845. The van der Waals surface area contributed by atoms with E-state index in [-0.39, 0.29) is 24.8 Å². The molecule has 2 N–H and O–H groups in total. The van der Waals surface area contributed by atoms with Crippen molar-refractivity contribution in [3.05, 3.63) is 71.3 Å². The predicted molar refractivity (Wildman–Crippen MR) is 74.1 cm³/mol. The van der Waals surface area contributed by atoms with Crippen LogP contribution in [-0.2, 0) is 6.54 Å². The van der Waals surface area contributed by atoms with Crippen molar-refractivity contribution in [2.45, 2.75) is 19.0 Å². The van der Waals surface area contributed by atoms with Crippen LogP contribution in [0.4, 0.5) is 8.78 Å². The molecule has 0 heterocycles. The molecule has 0 aliphatic heterocycles. The van der Waals surface area contributed by atoms with Gasteiger partial charge in [0.15, 0.2) is 11.6 Å². The highest BCUT2D eigenvalue weighted by Gasteiger charge is 2.12. The molecule has 0 aliphatic carbocycles. The summed E-state index contributed by atoms with van der Waals surface area (Å²) in [6.07, 6.45) is 0.515. The van der Waals surface area contributed by atoms with Crippen molar-refractivity contribution in [3.8, 4) is 0 Å². The zero-order chi connectivity index (χ0) is 14.4. The van der Waals surface area contributed by atoms with Crippen LogP contribution in [0.3, 0.4) is 0 Å². The zero-order valence-corrected chi connectivity index (χ0v) is 11.0. The van der Waals surface area contributed by atoms with Gasteiger partial charge in [0.1, 0.15) is 0 Å². The molecule has 0 saturated heterocycles. The highest BCUT2D eigenvalue weighted by molar-refractivity contribution is 5.21. The van der Waals surface area contributed by atoms with Crippen LogP contribution in [0.15, 0.2) is 48.5 Å². The van der Waals surface area contributed by atoms with Crippen LogP contribution in [0.5, 0.6) is 0 Å². The van der Waals surface area contributed by atoms with Gasteiger partial charge in [0.05, 0.1) is 0 Å². The van der Waals surface area contributed by atoms with Crippen LogP contribution in [0, 0.1) is 11.6 Å². The third kappa shape index (κ3) is 3.62. The normalized spacial score (nSPS) is 12.3. The van der Waals surface area contributed by atoms with Crippen LogP contribution in [-0.4, -0.2) is 11.7 Å². The summed E-state index contributed by atoms with van der Waals surface area (Å²) in [5.41, 5.74) is 1.29. The maximum absolute atomic E-state index is 13.6. The predicted octanol–water partition coefficient (Wildman–Crippen LogP) is 3.18. The van der Waals surface area contributed by atoms with Gasteiger partial charge in [-0.2, -0.15) is 0 Å². The summed E-state index contributed by atoms with van der Waals surface area (Å²) < 4.78 is 26.7. The summed E-state index contributed by atoms with van der Waals surface area (Å²) in [6, 6.07) is 13.6. The maximum atomic E-state index is 13.6. The van der Waals surface area contributed by atoms with E-state index in [0.717, 1.165) is 11.6 Å². The molecule has 0 fully saturated rings. The molecule has 0 unspecified atom stereocenters. The molecule has 0 bridgehead atoms. The first-order chi connectivity index (χ1) is 9.72. The summed E-state index contributed by atoms with van der Waals surface area (Å²) >= 11 is 0. The van der Waals surface area contributed by atoms with Crippen LogP contribution >= 0.6 is 0 Å². The lowest BCUT2D eigenvalue weighted by Crippen LogP contribution is -2.22. The van der Waals surface area contributed by atoms with Gasteiger partial charge in [-0.3, -0.25) is 0 Å². The molecule has 0 amide bonds. The fourth-order valence-corrected chi connectivity index (χ4v) is 2.12. The summed E-state index contributed by atoms with van der Waals surface area (Å²) in [5, 5.41) is 12.3. The largest absolute Gasteiger partial charge is 0.396 e. The summed E-state index contributed by atoms with van der Waals surface area (Å²) in [6.45, 7) is 0.237. The average molecular weight is 277 g/mol. The number of aliphatic hydroxyl groups is 1. The Hall–Kier alpha value is -1.78. The van der Waals surface area contributed by atoms with Crippen molar-refractivity contribution in [1.82, 2.24) is 5.32 Å². The highest BCUT2D eigenvalue weighted by Crippen LogP contribution is 2.18. The lowest BCUT2D eigenvalue weighted by atomic mass is 10.0. The smallest absolute Gasteiger partial charge is 0.163 e. The van der Waals surface area contributed by atoms with Gasteiger partial charge in [-0.15, -0.1) is 0 Å². The van der Waals surface area contributed by atoms with Gasteiger partial charge in [0, 0.05) is 24.8 Å². The summed E-state index contributed by atoms with van der Waals surface area (Å²) in [5.74, 6) is -1.67. The number of hydrogen-bond donors (Lipinski definition) is 2. The van der Waals surface area contributed by atoms with Gasteiger partial charge in [-0.1, -0.05) is 42.5 Å². The summed E-state index contributed by atoms with van der Waals surface area (Å²) in [7, 11) is 0. The van der Waals surface area contributed by atoms with Gasteiger partial charge < -0.3 is 10.4 Å². The monoisotopic (exact) mass is 277 g/mol. The molecule has 4 heteroatoms. The van der Waals surface area contributed by atoms with Crippen LogP contribution in [0.2, 0.25) is 0 Å². The number of hydrogen-bond acceptors (Lipinski definition) is 2. The fraction of sp³-hybridized carbons (Fsp3) is 0.250. The fourth-order valence-electron chi connectivity index (χ4n) is 2.12. The third-order valence-corrected chi connectivity index (χ3v) is 3.19. The van der Waals surface area contributed by atoms with E-state index in [1.165, 1.54) is 6.07 Å². The van der Waals surface area contributed by atoms with E-state index < -0.39 is 11.6 Å². The quantitative estimate of drug-likeness (QED) is 0.850. The van der Waals surface area contributed by atoms with Crippen molar-refractivity contribution < 1.29 is 13.9 Å². The Morgan fingerprint density at radius 3 is 2.45 bits per heavy atom. The van der Waals surface area contributed by atoms with E-state index in [9.17, 15) is 8.78 Å². The van der Waals surface area contributed by atoms with E-state index >= 15 is 0 Å². The van der Waals surface area contributed by atoms with Crippen LogP contribution < -0.4 is 5.32 Å². The first-order valence-corrected chi connectivity index (χ1v) is 6.54. The molecule has 106 valence electrons. The van der Waals surface area contributed by atoms with E-state index in [1.54, 1.807) is 6.07 Å².